The van der Waals surface area contributed by atoms with E-state index in [1.807, 2.05) is 72.8 Å². The smallest absolute Gasteiger partial charge is 0.159 e. The van der Waals surface area contributed by atoms with E-state index in [1.54, 1.807) is 41.5 Å². The van der Waals surface area contributed by atoms with Gasteiger partial charge in [-0.15, -0.1) is 0 Å². The van der Waals surface area contributed by atoms with Crippen LogP contribution in [0.5, 0.6) is 0 Å². The zero-order valence-corrected chi connectivity index (χ0v) is 63.4. The summed E-state index contributed by atoms with van der Waals surface area (Å²) >= 11 is 0. The Morgan fingerprint density at radius 3 is 0.699 bits per heavy atom. The number of ketones is 6. The van der Waals surface area contributed by atoms with Crippen LogP contribution in [0, 0.1) is 0 Å². The molecule has 0 unspecified atom stereocenters. The maximum absolute atomic E-state index is 12.2. The van der Waals surface area contributed by atoms with E-state index in [0.717, 1.165) is 33.4 Å². The Labute approximate surface area is 656 Å². The number of fused-ring (bicyclic) bond motifs is 19. The molecule has 0 saturated heterocycles. The van der Waals surface area contributed by atoms with Gasteiger partial charge in [0.05, 0.1) is 16.2 Å². The van der Waals surface area contributed by atoms with Crippen molar-refractivity contribution in [1.29, 1.82) is 0 Å². The zero-order valence-electron chi connectivity index (χ0n) is 63.4. The van der Waals surface area contributed by atoms with Crippen LogP contribution in [0.25, 0.3) is 87.2 Å². The summed E-state index contributed by atoms with van der Waals surface area (Å²) in [5.74, 6) is 0.287. The molecule has 17 aromatic rings. The number of benzene rings is 17. The fraction of sp³-hybridized carbons (Fsp3) is 0.0841. The second-order valence-corrected chi connectivity index (χ2v) is 30.1. The van der Waals surface area contributed by atoms with Gasteiger partial charge in [0.15, 0.2) is 34.7 Å². The minimum absolute atomic E-state index is 0.0459. The molecule has 0 fully saturated rings. The van der Waals surface area contributed by atoms with Crippen LogP contribution in [0.1, 0.15) is 170 Å². The summed E-state index contributed by atoms with van der Waals surface area (Å²) in [5.41, 5.74) is 23.5. The summed E-state index contributed by atoms with van der Waals surface area (Å²) in [6.07, 6.45) is 0. The van der Waals surface area contributed by atoms with E-state index in [9.17, 15) is 28.8 Å². The predicted molar refractivity (Wildman–Crippen MR) is 459 cm³/mol. The maximum atomic E-state index is 12.2. The van der Waals surface area contributed by atoms with Crippen molar-refractivity contribution < 1.29 is 28.8 Å². The molecule has 3 aliphatic rings. The molecule has 0 radical (unpaired) electrons. The molecule has 0 amide bonds. The van der Waals surface area contributed by atoms with Crippen molar-refractivity contribution in [3.05, 3.63) is 452 Å². The van der Waals surface area contributed by atoms with Crippen molar-refractivity contribution >= 4 is 88.6 Å². The Bertz CT molecular complexity index is 6470. The highest BCUT2D eigenvalue weighted by Crippen LogP contribution is 2.63. The molecule has 0 spiro atoms. The fourth-order valence-corrected chi connectivity index (χ4v) is 18.9. The van der Waals surface area contributed by atoms with E-state index in [2.05, 4.69) is 279 Å². The van der Waals surface area contributed by atoms with Crippen LogP contribution in [0.2, 0.25) is 0 Å². The summed E-state index contributed by atoms with van der Waals surface area (Å²) in [6.45, 7) is 9.60. The Kier molecular flexibility index (Phi) is 17.4. The molecule has 6 heteroatoms. The van der Waals surface area contributed by atoms with Crippen molar-refractivity contribution in [3.8, 4) is 33.4 Å². The largest absolute Gasteiger partial charge is 0.295 e. The molecule has 0 bridgehead atoms. The number of Topliss-reactive ketones (excluding diaryl/α,β-unsaturated/α-hetero) is 6. The monoisotopic (exact) mass is 1460 g/mol. The highest BCUT2D eigenvalue weighted by Gasteiger charge is 2.51. The SMILES string of the molecule is CC(=O)c1ccc(C2(c3ccc(C(C)=O)cc3)c3c(ccc4ccccc34)-c3ccc4ccccc4c32)cc1.CC(=O)c1ccc(C2(c3ccc(C(C)=O)cc3)c3ccc4ccccc4c3-c3c2ccc2ccccc32)cc1.CC(=O)c1ccc(C2(c3ccc(C(C)=O)cc3)c3ccccc3-c3c2ccc2ccccc32)cc1. The van der Waals surface area contributed by atoms with Gasteiger partial charge in [0, 0.05) is 33.4 Å². The highest BCUT2D eigenvalue weighted by atomic mass is 16.1. The molecule has 0 heterocycles. The van der Waals surface area contributed by atoms with Crippen molar-refractivity contribution in [2.24, 2.45) is 0 Å². The number of hydrogen-bond donors (Lipinski definition) is 0. The molecule has 540 valence electrons. The van der Waals surface area contributed by atoms with E-state index in [0.29, 0.717) is 33.4 Å². The average Bonchev–Trinajstić information content (AvgIpc) is 1.55. The lowest BCUT2D eigenvalue weighted by Gasteiger charge is -2.35. The van der Waals surface area contributed by atoms with E-state index in [4.69, 9.17) is 0 Å². The third-order valence-electron chi connectivity index (χ3n) is 24.1. The van der Waals surface area contributed by atoms with Gasteiger partial charge in [0.1, 0.15) is 0 Å². The van der Waals surface area contributed by atoms with Crippen LogP contribution < -0.4 is 0 Å². The van der Waals surface area contributed by atoms with E-state index >= 15 is 0 Å². The number of carbonyl (C=O) groups is 6. The molecule has 20 rings (SSSR count). The van der Waals surface area contributed by atoms with Gasteiger partial charge >= 0.3 is 0 Å². The van der Waals surface area contributed by atoms with Gasteiger partial charge < -0.3 is 0 Å². The quantitative estimate of drug-likeness (QED) is 0.113. The van der Waals surface area contributed by atoms with Gasteiger partial charge in [-0.05, 0) is 196 Å². The van der Waals surface area contributed by atoms with E-state index < -0.39 is 16.2 Å². The normalized spacial score (nSPS) is 13.3. The first kappa shape index (κ1) is 70.7. The first-order valence-corrected chi connectivity index (χ1v) is 38.4. The summed E-state index contributed by atoms with van der Waals surface area (Å²) < 4.78 is 0. The predicted octanol–water partition coefficient (Wildman–Crippen LogP) is 25.1. The van der Waals surface area contributed by atoms with Gasteiger partial charge in [-0.2, -0.15) is 0 Å². The van der Waals surface area contributed by atoms with Crippen LogP contribution in [0.4, 0.5) is 0 Å². The molecule has 0 aromatic heterocycles. The lowest BCUT2D eigenvalue weighted by atomic mass is 9.65. The Balaban J connectivity index is 0.000000118. The Morgan fingerprint density at radius 1 is 0.177 bits per heavy atom. The molecule has 0 atom stereocenters. The lowest BCUT2D eigenvalue weighted by molar-refractivity contribution is 0.100. The Morgan fingerprint density at radius 2 is 0.398 bits per heavy atom. The van der Waals surface area contributed by atoms with Crippen molar-refractivity contribution in [3.63, 3.8) is 0 Å². The van der Waals surface area contributed by atoms with Crippen LogP contribution in [0.3, 0.4) is 0 Å². The molecular weight excluding hydrogens is 1380 g/mol. The van der Waals surface area contributed by atoms with Gasteiger partial charge in [-0.1, -0.05) is 352 Å². The van der Waals surface area contributed by atoms with Gasteiger partial charge in [-0.3, -0.25) is 28.8 Å². The van der Waals surface area contributed by atoms with Crippen molar-refractivity contribution in [2.45, 2.75) is 57.8 Å². The van der Waals surface area contributed by atoms with Crippen molar-refractivity contribution in [1.82, 2.24) is 0 Å². The molecule has 0 N–H and O–H groups in total. The molecule has 6 nitrogen and oxygen atoms in total. The van der Waals surface area contributed by atoms with Crippen molar-refractivity contribution in [2.75, 3.05) is 0 Å². The number of hydrogen-bond acceptors (Lipinski definition) is 6. The standard InChI is InChI=1S/2C37H26O2.C33H24O2/c1-23(38)25-11-17-29(18-12-25)37(30-19-13-26(14-20-30)24(2)39)33-21-15-27-7-3-5-9-31(27)35(33)36-32-10-6-4-8-28(32)16-22-34(36)37;1-23(38)25-11-17-29(18-12-25)37(30-19-13-26(14-20-30)24(2)39)35-31-9-5-3-7-27(31)15-21-33(35)34-22-16-28-8-4-6-10-32(28)36(34)37;1-21(34)23-11-16-26(17-12-23)33(27-18-13-24(14-19-27)22(2)35)30-10-6-5-9-29(30)32-28-8-4-3-7-25(28)15-20-31(32)33/h2*3-22H,1-2H3;3-20H,1-2H3. The topological polar surface area (TPSA) is 102 Å². The van der Waals surface area contributed by atoms with Crippen LogP contribution in [-0.2, 0) is 16.2 Å². The molecule has 17 aromatic carbocycles. The van der Waals surface area contributed by atoms with Crippen LogP contribution in [-0.4, -0.2) is 34.7 Å². The summed E-state index contributed by atoms with van der Waals surface area (Å²) in [7, 11) is 0. The minimum Gasteiger partial charge on any atom is -0.295 e. The van der Waals surface area contributed by atoms with E-state index in [1.165, 1.54) is 121 Å². The van der Waals surface area contributed by atoms with Gasteiger partial charge in [-0.25, -0.2) is 0 Å². The number of carbonyl (C=O) groups excluding carboxylic acids is 6. The molecular formula is C107H76O6. The van der Waals surface area contributed by atoms with Gasteiger partial charge in [0.2, 0.25) is 0 Å². The summed E-state index contributed by atoms with van der Waals surface area (Å²) in [4.78, 5) is 72.9. The molecule has 113 heavy (non-hydrogen) atoms. The maximum Gasteiger partial charge on any atom is 0.159 e. The van der Waals surface area contributed by atoms with E-state index in [-0.39, 0.29) is 34.7 Å². The second kappa shape index (κ2) is 27.9. The fourth-order valence-electron chi connectivity index (χ4n) is 18.9. The minimum atomic E-state index is -0.656. The first-order chi connectivity index (χ1) is 55.0. The molecule has 0 aliphatic heterocycles. The lowest BCUT2D eigenvalue weighted by Crippen LogP contribution is -2.29. The van der Waals surface area contributed by atoms with Gasteiger partial charge in [0.25, 0.3) is 0 Å². The summed E-state index contributed by atoms with van der Waals surface area (Å²) in [6, 6.07) is 122. The van der Waals surface area contributed by atoms with Crippen LogP contribution >= 0.6 is 0 Å². The third kappa shape index (κ3) is 11.1. The zero-order chi connectivity index (χ0) is 77.6. The molecule has 3 aliphatic carbocycles. The third-order valence-corrected chi connectivity index (χ3v) is 24.1. The molecule has 0 saturated carbocycles. The first-order valence-electron chi connectivity index (χ1n) is 38.4. The number of rotatable bonds is 12. The average molecular weight is 1460 g/mol. The highest BCUT2D eigenvalue weighted by molar-refractivity contribution is 6.13. The second-order valence-electron chi connectivity index (χ2n) is 30.1. The Hall–Kier alpha value is -13.9. The summed E-state index contributed by atoms with van der Waals surface area (Å²) in [5, 5.41) is 12.0. The van der Waals surface area contributed by atoms with Crippen LogP contribution in [0.15, 0.2) is 352 Å².